The smallest absolute Gasteiger partial charge is 0.211 e. The summed E-state index contributed by atoms with van der Waals surface area (Å²) in [6, 6.07) is 10.4. The molecule has 0 aliphatic carbocycles. The Morgan fingerprint density at radius 2 is 1.67 bits per heavy atom. The Labute approximate surface area is 179 Å². The molecule has 1 aromatic carbocycles. The number of hydrogen-bond acceptors (Lipinski definition) is 6. The van der Waals surface area contributed by atoms with Crippen LogP contribution >= 0.6 is 11.6 Å². The molecule has 1 aliphatic heterocycles. The number of benzene rings is 1. The number of pyridine rings is 1. The molecule has 4 rings (SSSR count). The van der Waals surface area contributed by atoms with Gasteiger partial charge in [-0.15, -0.1) is 0 Å². The second-order valence-corrected chi connectivity index (χ2v) is 9.40. The van der Waals surface area contributed by atoms with E-state index < -0.39 is 15.8 Å². The molecule has 0 saturated carbocycles. The molecule has 0 radical (unpaired) electrons. The molecule has 1 saturated heterocycles. The van der Waals surface area contributed by atoms with Gasteiger partial charge in [0.25, 0.3) is 0 Å². The fraction of sp³-hybridized carbons (Fsp3) is 0.250. The number of nitrogens with zero attached hydrogens (tertiary/aromatic N) is 5. The number of hydrogen-bond donors (Lipinski definition) is 0. The van der Waals surface area contributed by atoms with Crippen LogP contribution in [0.4, 0.5) is 10.2 Å². The Balaban J connectivity index is 1.73. The van der Waals surface area contributed by atoms with Gasteiger partial charge in [0.15, 0.2) is 5.82 Å². The number of rotatable bonds is 4. The molecule has 0 bridgehead atoms. The molecule has 0 N–H and O–H groups in total. The van der Waals surface area contributed by atoms with Gasteiger partial charge in [0.2, 0.25) is 10.0 Å². The maximum Gasteiger partial charge on any atom is 0.211 e. The average Bonchev–Trinajstić information content (AvgIpc) is 2.73. The highest BCUT2D eigenvalue weighted by Gasteiger charge is 2.25. The predicted molar refractivity (Wildman–Crippen MR) is 114 cm³/mol. The zero-order valence-electron chi connectivity index (χ0n) is 16.2. The Hall–Kier alpha value is -2.62. The average molecular weight is 448 g/mol. The minimum Gasteiger partial charge on any atom is -0.354 e. The lowest BCUT2D eigenvalue weighted by atomic mass is 10.1. The van der Waals surface area contributed by atoms with E-state index in [1.165, 1.54) is 22.8 Å². The van der Waals surface area contributed by atoms with Crippen molar-refractivity contribution < 1.29 is 12.8 Å². The van der Waals surface area contributed by atoms with Crippen molar-refractivity contribution in [2.45, 2.75) is 0 Å². The van der Waals surface area contributed by atoms with E-state index in [-0.39, 0.29) is 0 Å². The van der Waals surface area contributed by atoms with E-state index >= 15 is 0 Å². The van der Waals surface area contributed by atoms with Crippen LogP contribution in [0.1, 0.15) is 0 Å². The van der Waals surface area contributed by atoms with Crippen LogP contribution in [0.5, 0.6) is 0 Å². The standard InChI is InChI=1S/C20H19ClFN5O2S/c1-30(28,29)27-8-6-26(7-9-27)19-11-18(14-2-4-16(21)5-3-14)24-20(25-19)15-10-17(22)13-23-12-15/h2-5,10-13H,6-9H2,1H3. The lowest BCUT2D eigenvalue weighted by Crippen LogP contribution is -2.48. The van der Waals surface area contributed by atoms with E-state index in [9.17, 15) is 12.8 Å². The maximum absolute atomic E-state index is 13.7. The van der Waals surface area contributed by atoms with Crippen molar-refractivity contribution in [3.63, 3.8) is 0 Å². The van der Waals surface area contributed by atoms with Gasteiger partial charge >= 0.3 is 0 Å². The monoisotopic (exact) mass is 447 g/mol. The molecule has 3 aromatic rings. The topological polar surface area (TPSA) is 79.3 Å². The molecule has 0 amide bonds. The van der Waals surface area contributed by atoms with Crippen molar-refractivity contribution in [2.24, 2.45) is 0 Å². The molecular weight excluding hydrogens is 429 g/mol. The van der Waals surface area contributed by atoms with Gasteiger partial charge in [0.05, 0.1) is 18.1 Å². The Morgan fingerprint density at radius 3 is 2.30 bits per heavy atom. The largest absolute Gasteiger partial charge is 0.354 e. The number of sulfonamides is 1. The summed E-state index contributed by atoms with van der Waals surface area (Å²) in [4.78, 5) is 15.1. The molecule has 0 unspecified atom stereocenters. The summed E-state index contributed by atoms with van der Waals surface area (Å²) in [7, 11) is -3.23. The van der Waals surface area contributed by atoms with Crippen LogP contribution in [-0.4, -0.2) is 60.1 Å². The minimum atomic E-state index is -3.23. The highest BCUT2D eigenvalue weighted by molar-refractivity contribution is 7.88. The van der Waals surface area contributed by atoms with Crippen LogP contribution in [0.3, 0.4) is 0 Å². The van der Waals surface area contributed by atoms with Crippen LogP contribution in [0.2, 0.25) is 5.02 Å². The molecule has 0 atom stereocenters. The summed E-state index contributed by atoms with van der Waals surface area (Å²) in [5, 5.41) is 0.611. The van der Waals surface area contributed by atoms with E-state index in [0.29, 0.717) is 54.1 Å². The molecule has 2 aromatic heterocycles. The highest BCUT2D eigenvalue weighted by Crippen LogP contribution is 2.27. The third-order valence-corrected chi connectivity index (χ3v) is 6.40. The van der Waals surface area contributed by atoms with Crippen molar-refractivity contribution in [1.82, 2.24) is 19.3 Å². The van der Waals surface area contributed by atoms with Crippen molar-refractivity contribution in [1.29, 1.82) is 0 Å². The lowest BCUT2D eigenvalue weighted by molar-refractivity contribution is 0.387. The number of anilines is 1. The second kappa shape index (κ2) is 8.25. The molecule has 10 heteroatoms. The number of halogens is 2. The Morgan fingerprint density at radius 1 is 0.967 bits per heavy atom. The summed E-state index contributed by atoms with van der Waals surface area (Å²) < 4.78 is 38.8. The molecule has 0 spiro atoms. The molecule has 30 heavy (non-hydrogen) atoms. The van der Waals surface area contributed by atoms with E-state index in [1.807, 2.05) is 23.1 Å². The van der Waals surface area contributed by atoms with E-state index in [4.69, 9.17) is 11.6 Å². The molecule has 3 heterocycles. The molecule has 1 fully saturated rings. The number of aromatic nitrogens is 3. The van der Waals surface area contributed by atoms with Gasteiger partial charge in [-0.2, -0.15) is 4.31 Å². The van der Waals surface area contributed by atoms with Gasteiger partial charge < -0.3 is 4.90 Å². The first-order valence-electron chi connectivity index (χ1n) is 9.25. The summed E-state index contributed by atoms with van der Waals surface area (Å²) in [6.07, 6.45) is 3.84. The van der Waals surface area contributed by atoms with Crippen molar-refractivity contribution in [3.05, 3.63) is 59.6 Å². The summed E-state index contributed by atoms with van der Waals surface area (Å²) >= 11 is 6.00. The highest BCUT2D eigenvalue weighted by atomic mass is 35.5. The van der Waals surface area contributed by atoms with Gasteiger partial charge in [-0.25, -0.2) is 22.8 Å². The van der Waals surface area contributed by atoms with Crippen LogP contribution in [0.25, 0.3) is 22.6 Å². The van der Waals surface area contributed by atoms with Gasteiger partial charge in [0, 0.05) is 54.6 Å². The van der Waals surface area contributed by atoms with Gasteiger partial charge in [-0.05, 0) is 18.2 Å². The zero-order chi connectivity index (χ0) is 21.3. The first-order valence-corrected chi connectivity index (χ1v) is 11.5. The quantitative estimate of drug-likeness (QED) is 0.611. The molecular formula is C20H19ClFN5O2S. The van der Waals surface area contributed by atoms with Crippen molar-refractivity contribution >= 4 is 27.4 Å². The summed E-state index contributed by atoms with van der Waals surface area (Å²) in [6.45, 7) is 1.72. The van der Waals surface area contributed by atoms with Gasteiger partial charge in [0.1, 0.15) is 11.6 Å². The number of piperazine rings is 1. The predicted octanol–water partition coefficient (Wildman–Crippen LogP) is 3.08. The summed E-state index contributed by atoms with van der Waals surface area (Å²) in [5.74, 6) is 0.508. The van der Waals surface area contributed by atoms with Crippen LogP contribution in [0.15, 0.2) is 48.8 Å². The minimum absolute atomic E-state index is 0.343. The first kappa shape index (κ1) is 20.6. The lowest BCUT2D eigenvalue weighted by Gasteiger charge is -2.34. The second-order valence-electron chi connectivity index (χ2n) is 6.98. The third-order valence-electron chi connectivity index (χ3n) is 4.85. The maximum atomic E-state index is 13.7. The van der Waals surface area contributed by atoms with E-state index in [2.05, 4.69) is 15.0 Å². The summed E-state index contributed by atoms with van der Waals surface area (Å²) in [5.41, 5.74) is 1.95. The molecule has 7 nitrogen and oxygen atoms in total. The normalized spacial score (nSPS) is 15.4. The van der Waals surface area contributed by atoms with Gasteiger partial charge in [-0.1, -0.05) is 23.7 Å². The van der Waals surface area contributed by atoms with Crippen LogP contribution in [0, 0.1) is 5.82 Å². The van der Waals surface area contributed by atoms with Crippen LogP contribution in [-0.2, 0) is 10.0 Å². The third kappa shape index (κ3) is 4.58. The Kier molecular flexibility index (Phi) is 5.68. The Bertz CT molecular complexity index is 1170. The SMILES string of the molecule is CS(=O)(=O)N1CCN(c2cc(-c3ccc(Cl)cc3)nc(-c3cncc(F)c3)n2)CC1. The molecule has 1 aliphatic rings. The first-order chi connectivity index (χ1) is 14.3. The molecule has 156 valence electrons. The zero-order valence-corrected chi connectivity index (χ0v) is 17.7. The fourth-order valence-electron chi connectivity index (χ4n) is 3.28. The van der Waals surface area contributed by atoms with Gasteiger partial charge in [-0.3, -0.25) is 4.98 Å². The van der Waals surface area contributed by atoms with Crippen molar-refractivity contribution in [2.75, 3.05) is 37.3 Å². The van der Waals surface area contributed by atoms with E-state index in [0.717, 1.165) is 11.8 Å². The van der Waals surface area contributed by atoms with E-state index in [1.54, 1.807) is 12.1 Å². The van der Waals surface area contributed by atoms with Crippen molar-refractivity contribution in [3.8, 4) is 22.6 Å². The fourth-order valence-corrected chi connectivity index (χ4v) is 4.23. The van der Waals surface area contributed by atoms with Crippen LogP contribution < -0.4 is 4.90 Å².